The third kappa shape index (κ3) is 5.31. The zero-order valence-corrected chi connectivity index (χ0v) is 20.3. The number of allylic oxidation sites excluding steroid dienone is 2. The summed E-state index contributed by atoms with van der Waals surface area (Å²) in [6, 6.07) is 27.0. The standard InChI is InChI=1S/C29H27ClN2O3/c1-18-25(27(22-14-9-15-23(30)16-22)26(29(34)35)19(2)32-18)28(33)31-17-24(20-10-5-3-6-11-20)21-12-7-4-8-13-21/h3-16,24,27,32H,17H2,1-2H3,(H,31,33)(H,34,35). The lowest BCUT2D eigenvalue weighted by molar-refractivity contribution is -0.133. The minimum Gasteiger partial charge on any atom is -0.478 e. The maximum absolute atomic E-state index is 13.7. The van der Waals surface area contributed by atoms with E-state index in [9.17, 15) is 14.7 Å². The van der Waals surface area contributed by atoms with Gasteiger partial charge in [0.25, 0.3) is 0 Å². The van der Waals surface area contributed by atoms with Gasteiger partial charge in [0, 0.05) is 34.5 Å². The molecule has 0 saturated carbocycles. The molecule has 35 heavy (non-hydrogen) atoms. The van der Waals surface area contributed by atoms with Crippen molar-refractivity contribution in [3.8, 4) is 0 Å². The fraction of sp³-hybridized carbons (Fsp3) is 0.172. The molecule has 0 bridgehead atoms. The van der Waals surface area contributed by atoms with Crippen molar-refractivity contribution in [1.82, 2.24) is 10.6 Å². The normalized spacial score (nSPS) is 15.7. The average molecular weight is 487 g/mol. The first-order chi connectivity index (χ1) is 16.9. The van der Waals surface area contributed by atoms with E-state index >= 15 is 0 Å². The van der Waals surface area contributed by atoms with E-state index in [1.807, 2.05) is 60.7 Å². The maximum Gasteiger partial charge on any atom is 0.334 e. The Morgan fingerprint density at radius 3 is 2.00 bits per heavy atom. The molecule has 178 valence electrons. The van der Waals surface area contributed by atoms with Crippen LogP contribution in [0.5, 0.6) is 0 Å². The van der Waals surface area contributed by atoms with Crippen LogP contribution in [0.4, 0.5) is 0 Å². The summed E-state index contributed by atoms with van der Waals surface area (Å²) in [6.07, 6.45) is 0. The molecule has 0 saturated heterocycles. The molecule has 1 heterocycles. The number of dihydropyridines is 1. The van der Waals surface area contributed by atoms with Gasteiger partial charge < -0.3 is 15.7 Å². The van der Waals surface area contributed by atoms with Crippen LogP contribution < -0.4 is 10.6 Å². The number of hydrogen-bond donors (Lipinski definition) is 3. The van der Waals surface area contributed by atoms with E-state index in [-0.39, 0.29) is 17.4 Å². The Morgan fingerprint density at radius 1 is 0.886 bits per heavy atom. The quantitative estimate of drug-likeness (QED) is 0.405. The topological polar surface area (TPSA) is 78.4 Å². The van der Waals surface area contributed by atoms with Crippen LogP contribution in [0, 0.1) is 0 Å². The largest absolute Gasteiger partial charge is 0.478 e. The Labute approximate surface area is 210 Å². The van der Waals surface area contributed by atoms with Crippen molar-refractivity contribution in [3.63, 3.8) is 0 Å². The second-order valence-electron chi connectivity index (χ2n) is 8.58. The van der Waals surface area contributed by atoms with Crippen molar-refractivity contribution in [2.24, 2.45) is 0 Å². The van der Waals surface area contributed by atoms with Gasteiger partial charge in [-0.25, -0.2) is 4.79 Å². The lowest BCUT2D eigenvalue weighted by Crippen LogP contribution is -2.37. The van der Waals surface area contributed by atoms with Crippen molar-refractivity contribution in [2.45, 2.75) is 25.7 Å². The molecule has 0 aromatic heterocycles. The summed E-state index contributed by atoms with van der Waals surface area (Å²) in [5, 5.41) is 16.7. The molecule has 1 atom stereocenters. The lowest BCUT2D eigenvalue weighted by Gasteiger charge is -2.30. The van der Waals surface area contributed by atoms with Crippen molar-refractivity contribution >= 4 is 23.5 Å². The number of carboxylic acid groups (broad SMARTS) is 1. The smallest absolute Gasteiger partial charge is 0.334 e. The second kappa shape index (κ2) is 10.6. The van der Waals surface area contributed by atoms with Crippen LogP contribution in [0.3, 0.4) is 0 Å². The molecule has 1 aliphatic rings. The highest BCUT2D eigenvalue weighted by Crippen LogP contribution is 2.39. The van der Waals surface area contributed by atoms with Gasteiger partial charge in [-0.15, -0.1) is 0 Å². The predicted octanol–water partition coefficient (Wildman–Crippen LogP) is 5.61. The van der Waals surface area contributed by atoms with Crippen LogP contribution in [0.1, 0.15) is 42.4 Å². The molecule has 1 amide bonds. The molecule has 3 aromatic carbocycles. The van der Waals surface area contributed by atoms with Gasteiger partial charge in [-0.1, -0.05) is 84.4 Å². The fourth-order valence-corrected chi connectivity index (χ4v) is 4.89. The summed E-state index contributed by atoms with van der Waals surface area (Å²) in [5.41, 5.74) is 4.44. The van der Waals surface area contributed by atoms with E-state index in [1.54, 1.807) is 38.1 Å². The number of nitrogens with one attached hydrogen (secondary N) is 2. The summed E-state index contributed by atoms with van der Waals surface area (Å²) >= 11 is 6.23. The molecule has 0 spiro atoms. The molecule has 0 fully saturated rings. The molecular weight excluding hydrogens is 460 g/mol. The number of amides is 1. The molecule has 4 rings (SSSR count). The lowest BCUT2D eigenvalue weighted by atomic mass is 9.80. The summed E-state index contributed by atoms with van der Waals surface area (Å²) in [6.45, 7) is 3.86. The van der Waals surface area contributed by atoms with Gasteiger partial charge in [0.1, 0.15) is 0 Å². The molecule has 1 aliphatic heterocycles. The third-order valence-corrected chi connectivity index (χ3v) is 6.52. The molecule has 6 heteroatoms. The number of carboxylic acids is 1. The number of aliphatic carboxylic acids is 1. The van der Waals surface area contributed by atoms with Crippen molar-refractivity contribution in [2.75, 3.05) is 6.54 Å². The number of hydrogen-bond acceptors (Lipinski definition) is 3. The third-order valence-electron chi connectivity index (χ3n) is 6.29. The van der Waals surface area contributed by atoms with Crippen LogP contribution in [-0.2, 0) is 9.59 Å². The minimum absolute atomic E-state index is 0.0559. The van der Waals surface area contributed by atoms with Crippen LogP contribution in [0.25, 0.3) is 0 Å². The minimum atomic E-state index is -1.08. The maximum atomic E-state index is 13.7. The van der Waals surface area contributed by atoms with E-state index in [0.717, 1.165) is 11.1 Å². The Hall–Kier alpha value is -3.83. The first-order valence-corrected chi connectivity index (χ1v) is 11.8. The van der Waals surface area contributed by atoms with Gasteiger partial charge >= 0.3 is 5.97 Å². The van der Waals surface area contributed by atoms with Crippen molar-refractivity contribution in [1.29, 1.82) is 0 Å². The number of rotatable bonds is 7. The van der Waals surface area contributed by atoms with E-state index in [0.29, 0.717) is 34.1 Å². The SMILES string of the molecule is CC1=C(C(=O)O)C(c2cccc(Cl)c2)C(C(=O)NCC(c2ccccc2)c2ccccc2)=C(C)N1. The molecule has 3 aromatic rings. The Morgan fingerprint density at radius 2 is 1.46 bits per heavy atom. The average Bonchev–Trinajstić information content (AvgIpc) is 2.84. The van der Waals surface area contributed by atoms with Crippen LogP contribution in [0.15, 0.2) is 107 Å². The Bertz CT molecular complexity index is 1260. The zero-order chi connectivity index (χ0) is 24.9. The van der Waals surface area contributed by atoms with E-state index in [2.05, 4.69) is 10.6 Å². The van der Waals surface area contributed by atoms with Crippen LogP contribution >= 0.6 is 11.6 Å². The molecule has 0 aliphatic carbocycles. The summed E-state index contributed by atoms with van der Waals surface area (Å²) in [7, 11) is 0. The van der Waals surface area contributed by atoms with Crippen LogP contribution in [-0.4, -0.2) is 23.5 Å². The Balaban J connectivity index is 1.68. The zero-order valence-electron chi connectivity index (χ0n) is 19.6. The summed E-state index contributed by atoms with van der Waals surface area (Å²) in [4.78, 5) is 25.9. The first kappa shape index (κ1) is 24.3. The summed E-state index contributed by atoms with van der Waals surface area (Å²) in [5.74, 6) is -2.20. The molecule has 0 radical (unpaired) electrons. The van der Waals surface area contributed by atoms with Gasteiger partial charge in [0.05, 0.1) is 11.5 Å². The predicted molar refractivity (Wildman–Crippen MR) is 138 cm³/mol. The Kier molecular flexibility index (Phi) is 7.37. The van der Waals surface area contributed by atoms with E-state index in [4.69, 9.17) is 11.6 Å². The van der Waals surface area contributed by atoms with Crippen molar-refractivity contribution < 1.29 is 14.7 Å². The molecule has 5 nitrogen and oxygen atoms in total. The highest BCUT2D eigenvalue weighted by molar-refractivity contribution is 6.30. The van der Waals surface area contributed by atoms with Gasteiger partial charge in [-0.05, 0) is 42.7 Å². The fourth-order valence-electron chi connectivity index (χ4n) is 4.69. The molecule has 3 N–H and O–H groups in total. The second-order valence-corrected chi connectivity index (χ2v) is 9.02. The van der Waals surface area contributed by atoms with Gasteiger partial charge in [-0.3, -0.25) is 4.79 Å². The highest BCUT2D eigenvalue weighted by Gasteiger charge is 2.36. The number of benzene rings is 3. The van der Waals surface area contributed by atoms with Crippen LogP contribution in [0.2, 0.25) is 5.02 Å². The van der Waals surface area contributed by atoms with Gasteiger partial charge in [-0.2, -0.15) is 0 Å². The number of carbonyl (C=O) groups is 2. The van der Waals surface area contributed by atoms with E-state index in [1.165, 1.54) is 0 Å². The summed E-state index contributed by atoms with van der Waals surface area (Å²) < 4.78 is 0. The molecule has 1 unspecified atom stereocenters. The number of carbonyl (C=O) groups excluding carboxylic acids is 1. The molecular formula is C29H27ClN2O3. The van der Waals surface area contributed by atoms with Crippen molar-refractivity contribution in [3.05, 3.63) is 129 Å². The van der Waals surface area contributed by atoms with E-state index < -0.39 is 11.9 Å². The van der Waals surface area contributed by atoms with Gasteiger partial charge in [0.15, 0.2) is 0 Å². The number of halogens is 1. The highest BCUT2D eigenvalue weighted by atomic mass is 35.5. The first-order valence-electron chi connectivity index (χ1n) is 11.4. The van der Waals surface area contributed by atoms with Gasteiger partial charge in [0.2, 0.25) is 5.91 Å². The monoisotopic (exact) mass is 486 g/mol.